The van der Waals surface area contributed by atoms with Crippen LogP contribution in [0.3, 0.4) is 0 Å². The fraction of sp³-hybridized carbons (Fsp3) is 0.100. The van der Waals surface area contributed by atoms with Crippen LogP contribution in [0.2, 0.25) is 0 Å². The summed E-state index contributed by atoms with van der Waals surface area (Å²) in [6, 6.07) is 6.19. The number of nitrogens with zero attached hydrogens (tertiary/aromatic N) is 4. The van der Waals surface area contributed by atoms with Crippen LogP contribution in [0.4, 0.5) is 0 Å². The van der Waals surface area contributed by atoms with Gasteiger partial charge in [-0.05, 0) is 17.3 Å². The Morgan fingerprint density at radius 3 is 2.65 bits per heavy atom. The van der Waals surface area contributed by atoms with Gasteiger partial charge in [0.25, 0.3) is 10.0 Å². The summed E-state index contributed by atoms with van der Waals surface area (Å²) in [5, 5.41) is 23.3. The number of aromatic amines is 1. The van der Waals surface area contributed by atoms with Gasteiger partial charge < -0.3 is 10.6 Å². The lowest BCUT2D eigenvalue weighted by Crippen LogP contribution is -2.31. The van der Waals surface area contributed by atoms with Gasteiger partial charge in [0.15, 0.2) is 5.76 Å². The number of benzene rings is 1. The highest BCUT2D eigenvalue weighted by molar-refractivity contribution is 7.89. The topological polar surface area (TPSA) is 144 Å². The average Bonchev–Trinajstić information content (AvgIpc) is 2.91. The lowest BCUT2D eigenvalue weighted by atomic mass is 10.1. The number of hydrogen-bond donors (Lipinski definition) is 2. The zero-order chi connectivity index (χ0) is 13.6. The number of fused-ring (bicyclic) bond motifs is 1. The molecule has 9 nitrogen and oxygen atoms in total. The summed E-state index contributed by atoms with van der Waals surface area (Å²) in [6.45, 7) is 0. The molecular formula is C10H11N5O4S. The SMILES string of the molecule is CN1C(c2nn[nH]n2)=C(O)c2ccccc2S1(=O)=O.O. The van der Waals surface area contributed by atoms with E-state index in [1.54, 1.807) is 12.1 Å². The quantitative estimate of drug-likeness (QED) is 0.718. The zero-order valence-electron chi connectivity index (χ0n) is 10.3. The molecule has 1 aromatic carbocycles. The van der Waals surface area contributed by atoms with Crippen LogP contribution in [0, 0.1) is 0 Å². The van der Waals surface area contributed by atoms with Gasteiger partial charge >= 0.3 is 0 Å². The van der Waals surface area contributed by atoms with Crippen LogP contribution >= 0.6 is 0 Å². The maximum atomic E-state index is 12.3. The van der Waals surface area contributed by atoms with E-state index in [9.17, 15) is 13.5 Å². The highest BCUT2D eigenvalue weighted by atomic mass is 32.2. The normalized spacial score (nSPS) is 16.6. The number of tetrazole rings is 1. The Morgan fingerprint density at radius 1 is 1.30 bits per heavy atom. The first-order valence-corrected chi connectivity index (χ1v) is 6.73. The molecule has 0 spiro atoms. The Morgan fingerprint density at radius 2 is 2.00 bits per heavy atom. The second-order valence-corrected chi connectivity index (χ2v) is 5.84. The first-order valence-electron chi connectivity index (χ1n) is 5.29. The summed E-state index contributed by atoms with van der Waals surface area (Å²) in [5.41, 5.74) is 0.216. The van der Waals surface area contributed by atoms with E-state index in [2.05, 4.69) is 20.6 Å². The molecule has 0 saturated carbocycles. The fourth-order valence-electron chi connectivity index (χ4n) is 1.94. The van der Waals surface area contributed by atoms with E-state index < -0.39 is 10.0 Å². The average molecular weight is 297 g/mol. The van der Waals surface area contributed by atoms with Crippen molar-refractivity contribution in [3.63, 3.8) is 0 Å². The molecule has 0 radical (unpaired) electrons. The maximum Gasteiger partial charge on any atom is 0.265 e. The molecule has 0 aliphatic carbocycles. The van der Waals surface area contributed by atoms with Crippen LogP contribution in [0.5, 0.6) is 0 Å². The van der Waals surface area contributed by atoms with Gasteiger partial charge in [-0.15, -0.1) is 10.2 Å². The molecule has 1 aliphatic rings. The molecular weight excluding hydrogens is 286 g/mol. The Labute approximate surface area is 113 Å². The summed E-state index contributed by atoms with van der Waals surface area (Å²) < 4.78 is 25.6. The van der Waals surface area contributed by atoms with Crippen molar-refractivity contribution >= 4 is 21.5 Å². The monoisotopic (exact) mass is 297 g/mol. The molecule has 0 atom stereocenters. The molecule has 0 amide bonds. The molecule has 10 heteroatoms. The van der Waals surface area contributed by atoms with Crippen molar-refractivity contribution in [3.8, 4) is 0 Å². The highest BCUT2D eigenvalue weighted by Crippen LogP contribution is 2.37. The third-order valence-corrected chi connectivity index (χ3v) is 4.69. The molecule has 1 aromatic heterocycles. The minimum atomic E-state index is -3.74. The number of sulfonamides is 1. The van der Waals surface area contributed by atoms with Crippen molar-refractivity contribution in [2.24, 2.45) is 0 Å². The van der Waals surface area contributed by atoms with E-state index in [1.807, 2.05) is 0 Å². The van der Waals surface area contributed by atoms with E-state index in [0.29, 0.717) is 0 Å². The van der Waals surface area contributed by atoms with Crippen LogP contribution in [0.1, 0.15) is 11.4 Å². The maximum absolute atomic E-state index is 12.3. The van der Waals surface area contributed by atoms with Crippen LogP contribution in [-0.2, 0) is 10.0 Å². The van der Waals surface area contributed by atoms with Gasteiger partial charge in [0.05, 0.1) is 4.90 Å². The predicted octanol–water partition coefficient (Wildman–Crippen LogP) is -0.607. The molecule has 0 unspecified atom stereocenters. The summed E-state index contributed by atoms with van der Waals surface area (Å²) in [6.07, 6.45) is 0. The van der Waals surface area contributed by atoms with Crippen LogP contribution in [0.15, 0.2) is 29.2 Å². The predicted molar refractivity (Wildman–Crippen MR) is 68.6 cm³/mol. The van der Waals surface area contributed by atoms with E-state index in [-0.39, 0.29) is 33.2 Å². The molecule has 2 aromatic rings. The molecule has 0 fully saturated rings. The number of rotatable bonds is 1. The molecule has 0 saturated heterocycles. The highest BCUT2D eigenvalue weighted by Gasteiger charge is 2.36. The summed E-state index contributed by atoms with van der Waals surface area (Å²) in [5.74, 6) is -0.188. The number of hydrogen-bond acceptors (Lipinski definition) is 6. The minimum Gasteiger partial charge on any atom is -0.505 e. The summed E-state index contributed by atoms with van der Waals surface area (Å²) in [7, 11) is -2.41. The smallest absolute Gasteiger partial charge is 0.265 e. The van der Waals surface area contributed by atoms with Gasteiger partial charge in [-0.2, -0.15) is 5.21 Å². The largest absolute Gasteiger partial charge is 0.505 e. The van der Waals surface area contributed by atoms with Crippen LogP contribution < -0.4 is 0 Å². The number of nitrogens with one attached hydrogen (secondary N) is 1. The summed E-state index contributed by atoms with van der Waals surface area (Å²) >= 11 is 0. The Kier molecular flexibility index (Phi) is 3.19. The van der Waals surface area contributed by atoms with Gasteiger partial charge in [-0.25, -0.2) is 8.42 Å². The molecule has 2 heterocycles. The first kappa shape index (κ1) is 14.0. The van der Waals surface area contributed by atoms with Crippen LogP contribution in [0.25, 0.3) is 11.5 Å². The molecule has 20 heavy (non-hydrogen) atoms. The van der Waals surface area contributed by atoms with E-state index in [0.717, 1.165) is 4.31 Å². The van der Waals surface area contributed by atoms with Crippen molar-refractivity contribution in [2.75, 3.05) is 7.05 Å². The number of aliphatic hydroxyl groups is 1. The van der Waals surface area contributed by atoms with Gasteiger partial charge in [-0.3, -0.25) is 4.31 Å². The van der Waals surface area contributed by atoms with Crippen molar-refractivity contribution in [1.29, 1.82) is 0 Å². The van der Waals surface area contributed by atoms with E-state index in [4.69, 9.17) is 0 Å². The summed E-state index contributed by atoms with van der Waals surface area (Å²) in [4.78, 5) is 0.0437. The van der Waals surface area contributed by atoms with Gasteiger partial charge in [0.2, 0.25) is 5.82 Å². The second-order valence-electron chi connectivity index (χ2n) is 3.90. The van der Waals surface area contributed by atoms with E-state index >= 15 is 0 Å². The zero-order valence-corrected chi connectivity index (χ0v) is 11.1. The molecule has 4 N–H and O–H groups in total. The number of aliphatic hydroxyl groups excluding tert-OH is 1. The third-order valence-electron chi connectivity index (χ3n) is 2.88. The molecule has 106 valence electrons. The minimum absolute atomic E-state index is 0. The standard InChI is InChI=1S/C10H9N5O3S.H2O/c1-15-8(10-11-13-14-12-10)9(16)6-4-2-3-5-7(6)19(15,17)18;/h2-5,16H,1H3,(H,11,12,13,14);1H2. The second kappa shape index (κ2) is 4.58. The van der Waals surface area contributed by atoms with Gasteiger partial charge in [-0.1, -0.05) is 12.1 Å². The van der Waals surface area contributed by atoms with Crippen molar-refractivity contribution < 1.29 is 19.0 Å². The van der Waals surface area contributed by atoms with Crippen LogP contribution in [-0.4, -0.2) is 51.0 Å². The van der Waals surface area contributed by atoms with Crippen molar-refractivity contribution in [3.05, 3.63) is 35.7 Å². The van der Waals surface area contributed by atoms with Crippen molar-refractivity contribution in [2.45, 2.75) is 4.90 Å². The third kappa shape index (κ3) is 1.73. The first-order chi connectivity index (χ1) is 9.03. The Bertz CT molecular complexity index is 769. The lowest BCUT2D eigenvalue weighted by Gasteiger charge is -2.27. The molecule has 1 aliphatic heterocycles. The lowest BCUT2D eigenvalue weighted by molar-refractivity contribution is 0.486. The van der Waals surface area contributed by atoms with Gasteiger partial charge in [0, 0.05) is 12.6 Å². The van der Waals surface area contributed by atoms with E-state index in [1.165, 1.54) is 19.2 Å². The number of aromatic nitrogens is 4. The Balaban J connectivity index is 0.00000147. The Hall–Kier alpha value is -2.46. The van der Waals surface area contributed by atoms with Crippen molar-refractivity contribution in [1.82, 2.24) is 24.9 Å². The fourth-order valence-corrected chi connectivity index (χ4v) is 3.34. The number of H-pyrrole nitrogens is 1. The van der Waals surface area contributed by atoms with Gasteiger partial charge in [0.1, 0.15) is 5.70 Å². The molecule has 3 rings (SSSR count). The molecule has 0 bridgehead atoms.